The van der Waals surface area contributed by atoms with Gasteiger partial charge in [-0.05, 0) is 31.5 Å². The van der Waals surface area contributed by atoms with Gasteiger partial charge in [-0.2, -0.15) is 0 Å². The van der Waals surface area contributed by atoms with Crippen LogP contribution in [-0.4, -0.2) is 6.10 Å². The van der Waals surface area contributed by atoms with Crippen LogP contribution in [-0.2, 0) is 0 Å². The first-order valence-corrected chi connectivity index (χ1v) is 4.04. The molecule has 0 amide bonds. The van der Waals surface area contributed by atoms with Crippen molar-refractivity contribution in [1.29, 1.82) is 0 Å². The molecule has 0 unspecified atom stereocenters. The number of aromatic nitrogens is 1. The zero-order chi connectivity index (χ0) is 9.14. The van der Waals surface area contributed by atoms with Gasteiger partial charge >= 0.3 is 5.88 Å². The highest BCUT2D eigenvalue weighted by Gasteiger charge is 2.10. The maximum atomic E-state index is 11.2. The fraction of sp³-hybridized carbons (Fsp3) is 0.375. The number of pyridine rings is 1. The van der Waals surface area contributed by atoms with Crippen molar-refractivity contribution in [3.63, 3.8) is 0 Å². The molecule has 0 spiro atoms. The lowest BCUT2D eigenvalue weighted by Crippen LogP contribution is -2.31. The average Bonchev–Trinajstić information content (AvgIpc) is 1.98. The van der Waals surface area contributed by atoms with E-state index < -0.39 is 0 Å². The third-order valence-corrected chi connectivity index (χ3v) is 1.50. The quantitative estimate of drug-likeness (QED) is 0.402. The van der Waals surface area contributed by atoms with Gasteiger partial charge in [0.15, 0.2) is 0 Å². The molecule has 0 atom stereocenters. The van der Waals surface area contributed by atoms with Gasteiger partial charge in [0.05, 0.1) is 12.2 Å². The molecular weight excluding hydrogens is 178 g/mol. The van der Waals surface area contributed by atoms with Crippen molar-refractivity contribution in [2.75, 3.05) is 0 Å². The minimum atomic E-state index is -0.0244. The number of rotatable bonds is 2. The SMILES string of the molecule is CC(C)Oc1cccc(Cl)[n+]1[O-]. The first-order valence-electron chi connectivity index (χ1n) is 3.66. The van der Waals surface area contributed by atoms with Crippen molar-refractivity contribution < 1.29 is 9.47 Å². The molecular formula is C8H10ClNO2. The van der Waals surface area contributed by atoms with Crippen LogP contribution in [0.1, 0.15) is 13.8 Å². The topological polar surface area (TPSA) is 36.2 Å². The molecule has 0 fully saturated rings. The second-order valence-corrected chi connectivity index (χ2v) is 3.03. The van der Waals surface area contributed by atoms with Crippen LogP contribution >= 0.6 is 11.6 Å². The van der Waals surface area contributed by atoms with Crippen LogP contribution in [0.3, 0.4) is 0 Å². The summed E-state index contributed by atoms with van der Waals surface area (Å²) in [6, 6.07) is 4.77. The van der Waals surface area contributed by atoms with E-state index >= 15 is 0 Å². The van der Waals surface area contributed by atoms with Gasteiger partial charge in [-0.15, -0.1) is 4.73 Å². The smallest absolute Gasteiger partial charge is 0.380 e. The minimum Gasteiger partial charge on any atom is -0.615 e. The summed E-state index contributed by atoms with van der Waals surface area (Å²) < 4.78 is 5.75. The van der Waals surface area contributed by atoms with Crippen LogP contribution in [0.25, 0.3) is 0 Å². The summed E-state index contributed by atoms with van der Waals surface area (Å²) in [6.07, 6.45) is -0.0244. The van der Waals surface area contributed by atoms with Crippen LogP contribution in [0, 0.1) is 5.21 Å². The Morgan fingerprint density at radius 2 is 2.17 bits per heavy atom. The van der Waals surface area contributed by atoms with Gasteiger partial charge in [-0.3, -0.25) is 0 Å². The van der Waals surface area contributed by atoms with E-state index in [1.807, 2.05) is 13.8 Å². The summed E-state index contributed by atoms with van der Waals surface area (Å²) >= 11 is 5.57. The Kier molecular flexibility index (Phi) is 2.76. The Bertz CT molecular complexity index is 276. The standard InChI is InChI=1S/C8H10ClNO2/c1-6(2)12-8-5-3-4-7(9)10(8)11/h3-6H,1-2H3. The van der Waals surface area contributed by atoms with Crippen LogP contribution in [0.15, 0.2) is 18.2 Å². The lowest BCUT2D eigenvalue weighted by Gasteiger charge is -2.08. The molecule has 0 aromatic carbocycles. The van der Waals surface area contributed by atoms with Crippen LogP contribution in [0.5, 0.6) is 5.88 Å². The van der Waals surface area contributed by atoms with Gasteiger partial charge in [0.1, 0.15) is 0 Å². The van der Waals surface area contributed by atoms with Crippen molar-refractivity contribution in [2.45, 2.75) is 20.0 Å². The molecule has 0 bridgehead atoms. The lowest BCUT2D eigenvalue weighted by molar-refractivity contribution is -0.611. The fourth-order valence-corrected chi connectivity index (χ4v) is 0.935. The second-order valence-electron chi connectivity index (χ2n) is 2.65. The molecule has 1 rings (SSSR count). The predicted molar refractivity (Wildman–Crippen MR) is 46.2 cm³/mol. The van der Waals surface area contributed by atoms with Gasteiger partial charge in [-0.25, -0.2) is 0 Å². The van der Waals surface area contributed by atoms with Crippen molar-refractivity contribution in [3.8, 4) is 5.88 Å². The Hall–Kier alpha value is -0.960. The van der Waals surface area contributed by atoms with E-state index in [9.17, 15) is 5.21 Å². The van der Waals surface area contributed by atoms with Crippen LogP contribution in [0.4, 0.5) is 0 Å². The van der Waals surface area contributed by atoms with Crippen molar-refractivity contribution in [2.24, 2.45) is 0 Å². The predicted octanol–water partition coefficient (Wildman–Crippen LogP) is 1.76. The molecule has 0 aliphatic rings. The lowest BCUT2D eigenvalue weighted by atomic mass is 10.4. The molecule has 1 aromatic heterocycles. The van der Waals surface area contributed by atoms with Gasteiger partial charge in [0.2, 0.25) is 0 Å². The number of halogens is 1. The fourth-order valence-electron chi connectivity index (χ4n) is 0.779. The second kappa shape index (κ2) is 3.63. The van der Waals surface area contributed by atoms with Crippen molar-refractivity contribution in [3.05, 3.63) is 28.6 Å². The zero-order valence-electron chi connectivity index (χ0n) is 6.95. The summed E-state index contributed by atoms with van der Waals surface area (Å²) in [4.78, 5) is 0. The molecule has 0 N–H and O–H groups in total. The van der Waals surface area contributed by atoms with E-state index in [4.69, 9.17) is 16.3 Å². The van der Waals surface area contributed by atoms with E-state index in [1.165, 1.54) is 6.07 Å². The highest BCUT2D eigenvalue weighted by molar-refractivity contribution is 6.28. The van der Waals surface area contributed by atoms with Crippen molar-refractivity contribution >= 4 is 11.6 Å². The monoisotopic (exact) mass is 187 g/mol. The van der Waals surface area contributed by atoms with E-state index in [0.29, 0.717) is 4.73 Å². The molecule has 0 saturated heterocycles. The molecule has 0 aliphatic carbocycles. The summed E-state index contributed by atoms with van der Waals surface area (Å²) in [6.45, 7) is 3.70. The normalized spacial score (nSPS) is 10.3. The zero-order valence-corrected chi connectivity index (χ0v) is 7.71. The van der Waals surface area contributed by atoms with Gasteiger partial charge in [0, 0.05) is 6.07 Å². The molecule has 1 aromatic rings. The number of hydrogen-bond acceptors (Lipinski definition) is 2. The molecule has 66 valence electrons. The molecule has 12 heavy (non-hydrogen) atoms. The molecule has 3 nitrogen and oxygen atoms in total. The molecule has 1 heterocycles. The van der Waals surface area contributed by atoms with Gasteiger partial charge in [-0.1, -0.05) is 0 Å². The van der Waals surface area contributed by atoms with E-state index in [1.54, 1.807) is 12.1 Å². The summed E-state index contributed by atoms with van der Waals surface area (Å²) in [7, 11) is 0. The van der Waals surface area contributed by atoms with Crippen molar-refractivity contribution in [1.82, 2.24) is 0 Å². The summed E-state index contributed by atoms with van der Waals surface area (Å²) in [5, 5.41) is 11.3. The highest BCUT2D eigenvalue weighted by Crippen LogP contribution is 2.09. The Labute approximate surface area is 76.1 Å². The average molecular weight is 188 g/mol. The third kappa shape index (κ3) is 2.01. The molecule has 0 aliphatic heterocycles. The van der Waals surface area contributed by atoms with E-state index in [0.717, 1.165) is 0 Å². The molecule has 0 radical (unpaired) electrons. The first kappa shape index (κ1) is 9.13. The Balaban J connectivity index is 2.92. The van der Waals surface area contributed by atoms with Gasteiger partial charge < -0.3 is 9.94 Å². The van der Waals surface area contributed by atoms with Crippen LogP contribution in [0.2, 0.25) is 5.15 Å². The molecule has 0 saturated carbocycles. The summed E-state index contributed by atoms with van der Waals surface area (Å²) in [5.74, 6) is 0.234. The maximum Gasteiger partial charge on any atom is 0.380 e. The third-order valence-electron chi connectivity index (χ3n) is 1.22. The van der Waals surface area contributed by atoms with E-state index in [-0.39, 0.29) is 17.1 Å². The highest BCUT2D eigenvalue weighted by atomic mass is 35.5. The van der Waals surface area contributed by atoms with Crippen LogP contribution < -0.4 is 9.47 Å². The Morgan fingerprint density at radius 3 is 2.75 bits per heavy atom. The number of hydrogen-bond donors (Lipinski definition) is 0. The minimum absolute atomic E-state index is 0.0244. The van der Waals surface area contributed by atoms with E-state index in [2.05, 4.69) is 0 Å². The Morgan fingerprint density at radius 1 is 1.50 bits per heavy atom. The number of nitrogens with zero attached hydrogens (tertiary/aromatic N) is 1. The molecule has 4 heteroatoms. The maximum absolute atomic E-state index is 11.2. The summed E-state index contributed by atoms with van der Waals surface area (Å²) in [5.41, 5.74) is 0. The number of ether oxygens (including phenoxy) is 1. The largest absolute Gasteiger partial charge is 0.615 e. The first-order chi connectivity index (χ1) is 5.61. The van der Waals surface area contributed by atoms with Gasteiger partial charge in [0.25, 0.3) is 5.15 Å².